The van der Waals surface area contributed by atoms with Crippen LogP contribution in [0.25, 0.3) is 0 Å². The van der Waals surface area contributed by atoms with E-state index in [0.717, 1.165) is 32.5 Å². The molecule has 1 aromatic rings. The van der Waals surface area contributed by atoms with Crippen LogP contribution in [-0.4, -0.2) is 54.5 Å². The summed E-state index contributed by atoms with van der Waals surface area (Å²) in [6.07, 6.45) is 2.29. The summed E-state index contributed by atoms with van der Waals surface area (Å²) in [6.45, 7) is 7.69. The van der Waals surface area contributed by atoms with Crippen molar-refractivity contribution in [2.24, 2.45) is 29.4 Å². The van der Waals surface area contributed by atoms with Crippen LogP contribution in [0.2, 0.25) is 0 Å². The molecule has 5 atom stereocenters. The molecule has 29 heavy (non-hydrogen) atoms. The van der Waals surface area contributed by atoms with Gasteiger partial charge in [-0.15, -0.1) is 0 Å². The minimum absolute atomic E-state index is 0.0521. The Morgan fingerprint density at radius 1 is 1.31 bits per heavy atom. The molecule has 6 heteroatoms. The fourth-order valence-electron chi connectivity index (χ4n) is 6.19. The average Bonchev–Trinajstić information content (AvgIpc) is 2.93. The molecule has 2 amide bonds. The molecular formula is C23H34N4O2. The summed E-state index contributed by atoms with van der Waals surface area (Å²) < 4.78 is 0. The molecule has 3 aliphatic heterocycles. The van der Waals surface area contributed by atoms with E-state index in [1.807, 2.05) is 0 Å². The molecule has 4 aliphatic rings. The Kier molecular flexibility index (Phi) is 5.67. The second kappa shape index (κ2) is 8.07. The Hall–Kier alpha value is -1.92. The molecular weight excluding hydrogens is 364 g/mol. The van der Waals surface area contributed by atoms with Crippen molar-refractivity contribution < 1.29 is 9.59 Å². The van der Waals surface area contributed by atoms with Crippen LogP contribution in [0.4, 0.5) is 0 Å². The number of hydrogen-bond donors (Lipinski definition) is 3. The van der Waals surface area contributed by atoms with Gasteiger partial charge in [-0.25, -0.2) is 0 Å². The Balaban J connectivity index is 1.62. The van der Waals surface area contributed by atoms with Crippen LogP contribution in [-0.2, 0) is 16.0 Å². The van der Waals surface area contributed by atoms with Crippen molar-refractivity contribution in [1.82, 2.24) is 15.5 Å². The van der Waals surface area contributed by atoms with Gasteiger partial charge in [0, 0.05) is 38.0 Å². The van der Waals surface area contributed by atoms with Crippen LogP contribution in [0.15, 0.2) is 30.3 Å². The van der Waals surface area contributed by atoms with E-state index in [1.54, 1.807) is 0 Å². The highest BCUT2D eigenvalue weighted by molar-refractivity contribution is 5.89. The number of likely N-dealkylation sites (tertiary alicyclic amines) is 1. The number of nitrogens with zero attached hydrogens (tertiary/aromatic N) is 1. The van der Waals surface area contributed by atoms with Crippen LogP contribution < -0.4 is 16.4 Å². The number of benzene rings is 1. The maximum Gasteiger partial charge on any atom is 0.242 e. The standard InChI is InChI=1S/C23H34N4O2/c1-15(2)13-27-14-18-11-17-12-26-23(18,22(29)25-9-8-20(24)28)21(27)19(17)10-16-6-4-3-5-7-16/h3-7,15,17-19,21,26H,8-14H2,1-2H3,(H2,24,28)(H,25,29)/t17-,18-,19+,21-,23-/m0/s1. The Morgan fingerprint density at radius 3 is 2.76 bits per heavy atom. The number of fused-ring (bicyclic) bond motifs is 1. The molecule has 1 saturated carbocycles. The zero-order valence-electron chi connectivity index (χ0n) is 17.6. The number of piperidine rings is 2. The Labute approximate surface area is 173 Å². The monoisotopic (exact) mass is 398 g/mol. The second-order valence-electron chi connectivity index (χ2n) is 9.56. The van der Waals surface area contributed by atoms with Crippen molar-refractivity contribution in [1.29, 1.82) is 0 Å². The smallest absolute Gasteiger partial charge is 0.242 e. The highest BCUT2D eigenvalue weighted by atomic mass is 16.2. The maximum atomic E-state index is 13.5. The summed E-state index contributed by atoms with van der Waals surface area (Å²) in [6, 6.07) is 10.9. The topological polar surface area (TPSA) is 87.5 Å². The lowest BCUT2D eigenvalue weighted by atomic mass is 9.58. The van der Waals surface area contributed by atoms with Gasteiger partial charge in [0.25, 0.3) is 0 Å². The molecule has 3 saturated heterocycles. The molecule has 0 aromatic heterocycles. The number of carbonyl (C=O) groups is 2. The molecule has 158 valence electrons. The third-order valence-corrected chi connectivity index (χ3v) is 7.16. The van der Waals surface area contributed by atoms with Gasteiger partial charge in [-0.1, -0.05) is 44.2 Å². The van der Waals surface area contributed by atoms with E-state index in [0.29, 0.717) is 30.2 Å². The fraction of sp³-hybridized carbons (Fsp3) is 0.652. The van der Waals surface area contributed by atoms with E-state index in [1.165, 1.54) is 5.56 Å². The minimum Gasteiger partial charge on any atom is -0.370 e. The van der Waals surface area contributed by atoms with E-state index in [4.69, 9.17) is 5.73 Å². The van der Waals surface area contributed by atoms with Gasteiger partial charge >= 0.3 is 0 Å². The fourth-order valence-corrected chi connectivity index (χ4v) is 6.19. The summed E-state index contributed by atoms with van der Waals surface area (Å²) in [7, 11) is 0. The summed E-state index contributed by atoms with van der Waals surface area (Å²) in [5.41, 5.74) is 6.06. The number of amides is 2. The number of primary amides is 1. The zero-order valence-corrected chi connectivity index (χ0v) is 17.6. The van der Waals surface area contributed by atoms with Gasteiger partial charge in [-0.3, -0.25) is 14.5 Å². The van der Waals surface area contributed by atoms with Crippen LogP contribution in [0.5, 0.6) is 0 Å². The van der Waals surface area contributed by atoms with Crippen molar-refractivity contribution in [3.8, 4) is 0 Å². The molecule has 1 aromatic carbocycles. The number of rotatable bonds is 8. The lowest BCUT2D eigenvalue weighted by Gasteiger charge is -2.56. The molecule has 4 bridgehead atoms. The molecule has 0 unspecified atom stereocenters. The Morgan fingerprint density at radius 2 is 2.07 bits per heavy atom. The molecule has 3 heterocycles. The van der Waals surface area contributed by atoms with Crippen molar-refractivity contribution in [3.05, 3.63) is 35.9 Å². The van der Waals surface area contributed by atoms with Crippen LogP contribution in [0, 0.1) is 23.7 Å². The maximum absolute atomic E-state index is 13.5. The van der Waals surface area contributed by atoms with E-state index < -0.39 is 5.54 Å². The second-order valence-corrected chi connectivity index (χ2v) is 9.56. The summed E-state index contributed by atoms with van der Waals surface area (Å²) in [5.74, 6) is 1.61. The van der Waals surface area contributed by atoms with Crippen LogP contribution in [0.3, 0.4) is 0 Å². The molecule has 4 fully saturated rings. The van der Waals surface area contributed by atoms with Crippen molar-refractivity contribution in [3.63, 3.8) is 0 Å². The third-order valence-electron chi connectivity index (χ3n) is 7.16. The van der Waals surface area contributed by atoms with E-state index in [-0.39, 0.29) is 24.3 Å². The summed E-state index contributed by atoms with van der Waals surface area (Å²) in [4.78, 5) is 27.2. The van der Waals surface area contributed by atoms with Gasteiger partial charge in [0.1, 0.15) is 5.54 Å². The van der Waals surface area contributed by atoms with Gasteiger partial charge in [-0.2, -0.15) is 0 Å². The highest BCUT2D eigenvalue weighted by Crippen LogP contribution is 2.53. The van der Waals surface area contributed by atoms with Gasteiger partial charge in [0.15, 0.2) is 0 Å². The van der Waals surface area contributed by atoms with Gasteiger partial charge in [0.05, 0.1) is 0 Å². The first-order valence-corrected chi connectivity index (χ1v) is 11.0. The molecule has 6 nitrogen and oxygen atoms in total. The summed E-state index contributed by atoms with van der Waals surface area (Å²) in [5, 5.41) is 6.71. The molecule has 1 aliphatic carbocycles. The third kappa shape index (κ3) is 3.68. The number of nitrogens with one attached hydrogen (secondary N) is 2. The van der Waals surface area contributed by atoms with Gasteiger partial charge in [0.2, 0.25) is 11.8 Å². The lowest BCUT2D eigenvalue weighted by molar-refractivity contribution is -0.138. The first-order chi connectivity index (χ1) is 13.9. The van der Waals surface area contributed by atoms with E-state index >= 15 is 0 Å². The average molecular weight is 399 g/mol. The lowest BCUT2D eigenvalue weighted by Crippen LogP contribution is -2.76. The summed E-state index contributed by atoms with van der Waals surface area (Å²) >= 11 is 0. The predicted molar refractivity (Wildman–Crippen MR) is 113 cm³/mol. The van der Waals surface area contributed by atoms with Crippen LogP contribution in [0.1, 0.15) is 32.3 Å². The number of hydrogen-bond acceptors (Lipinski definition) is 4. The molecule has 5 rings (SSSR count). The van der Waals surface area contributed by atoms with E-state index in [9.17, 15) is 9.59 Å². The SMILES string of the molecule is CC(C)CN1C[C@@H]2C[C@H]3CN[C@]2(C(=O)NCCC(N)=O)[C@@H]1[C@@H]3Cc1ccccc1. The Bertz CT molecular complexity index is 753. The van der Waals surface area contributed by atoms with Gasteiger partial charge < -0.3 is 16.4 Å². The first-order valence-electron chi connectivity index (χ1n) is 11.0. The number of carbonyl (C=O) groups excluding carboxylic acids is 2. The minimum atomic E-state index is -0.555. The van der Waals surface area contributed by atoms with E-state index in [2.05, 4.69) is 59.7 Å². The van der Waals surface area contributed by atoms with Crippen molar-refractivity contribution >= 4 is 11.8 Å². The highest BCUT2D eigenvalue weighted by Gasteiger charge is 2.67. The van der Waals surface area contributed by atoms with Crippen molar-refractivity contribution in [2.75, 3.05) is 26.2 Å². The quantitative estimate of drug-likeness (QED) is 0.613. The molecule has 4 N–H and O–H groups in total. The normalized spacial score (nSPS) is 33.2. The first kappa shape index (κ1) is 20.4. The molecule has 0 radical (unpaired) electrons. The molecule has 0 spiro atoms. The van der Waals surface area contributed by atoms with Gasteiger partial charge in [-0.05, 0) is 42.7 Å². The largest absolute Gasteiger partial charge is 0.370 e. The number of nitrogens with two attached hydrogens (primary N) is 1. The van der Waals surface area contributed by atoms with Crippen LogP contribution >= 0.6 is 0 Å². The van der Waals surface area contributed by atoms with Crippen molar-refractivity contribution in [2.45, 2.75) is 44.7 Å². The predicted octanol–water partition coefficient (Wildman–Crippen LogP) is 1.16. The zero-order chi connectivity index (χ0) is 20.6.